The maximum Gasteiger partial charge on any atom is 0.335 e. The van der Waals surface area contributed by atoms with E-state index in [1.807, 2.05) is 27.7 Å². The maximum absolute atomic E-state index is 12.2. The number of nitrogens with one attached hydrogen (secondary N) is 1. The third-order valence-electron chi connectivity index (χ3n) is 3.61. The predicted octanol–water partition coefficient (Wildman–Crippen LogP) is 3.94. The molecule has 0 aliphatic carbocycles. The molecule has 2 amide bonds. The molecule has 0 aliphatic heterocycles. The first-order chi connectivity index (χ1) is 9.54. The smallest absolute Gasteiger partial charge is 0.335 e. The summed E-state index contributed by atoms with van der Waals surface area (Å²) in [5.74, 6) is -1.07. The van der Waals surface area contributed by atoms with Crippen LogP contribution < -0.4 is 5.32 Å². The van der Waals surface area contributed by atoms with E-state index >= 15 is 0 Å². The van der Waals surface area contributed by atoms with Gasteiger partial charge in [0.25, 0.3) is 0 Å². The van der Waals surface area contributed by atoms with Crippen molar-refractivity contribution in [2.24, 2.45) is 5.41 Å². The van der Waals surface area contributed by atoms with Gasteiger partial charge in [0, 0.05) is 13.1 Å². The van der Waals surface area contributed by atoms with Gasteiger partial charge in [0.1, 0.15) is 0 Å². The van der Waals surface area contributed by atoms with Gasteiger partial charge in [0.15, 0.2) is 0 Å². The van der Waals surface area contributed by atoms with Crippen molar-refractivity contribution in [2.75, 3.05) is 12.4 Å². The number of carbonyl (C=O) groups is 2. The number of hydrogen-bond donors (Lipinski definition) is 2. The lowest BCUT2D eigenvalue weighted by atomic mass is 9.87. The van der Waals surface area contributed by atoms with Crippen molar-refractivity contribution < 1.29 is 14.7 Å². The molecule has 1 atom stereocenters. The molecule has 0 bridgehead atoms. The first-order valence-corrected chi connectivity index (χ1v) is 6.98. The molecule has 6 heteroatoms. The number of carboxylic acids is 1. The van der Waals surface area contributed by atoms with Crippen LogP contribution in [0.4, 0.5) is 10.5 Å². The Bertz CT molecular complexity index is 552. The van der Waals surface area contributed by atoms with Gasteiger partial charge in [-0.15, -0.1) is 0 Å². The van der Waals surface area contributed by atoms with E-state index in [1.165, 1.54) is 18.2 Å². The highest BCUT2D eigenvalue weighted by atomic mass is 35.5. The van der Waals surface area contributed by atoms with Crippen LogP contribution in [0.5, 0.6) is 0 Å². The van der Waals surface area contributed by atoms with Gasteiger partial charge in [-0.2, -0.15) is 0 Å². The van der Waals surface area contributed by atoms with E-state index in [0.29, 0.717) is 5.02 Å². The molecule has 2 N–H and O–H groups in total. The second-order valence-corrected chi connectivity index (χ2v) is 6.49. The molecule has 0 spiro atoms. The van der Waals surface area contributed by atoms with Crippen molar-refractivity contribution in [3.05, 3.63) is 28.8 Å². The van der Waals surface area contributed by atoms with Crippen LogP contribution in [0.15, 0.2) is 18.2 Å². The van der Waals surface area contributed by atoms with Crippen LogP contribution >= 0.6 is 11.6 Å². The van der Waals surface area contributed by atoms with Gasteiger partial charge in [-0.25, -0.2) is 9.59 Å². The molecule has 0 fully saturated rings. The molecule has 0 saturated heterocycles. The highest BCUT2D eigenvalue weighted by Crippen LogP contribution is 2.26. The Balaban J connectivity index is 2.93. The fourth-order valence-electron chi connectivity index (χ4n) is 1.71. The lowest BCUT2D eigenvalue weighted by molar-refractivity contribution is 0.0697. The Kier molecular flexibility index (Phi) is 5.23. The average Bonchev–Trinajstić information content (AvgIpc) is 2.38. The predicted molar refractivity (Wildman–Crippen MR) is 84.1 cm³/mol. The zero-order valence-corrected chi connectivity index (χ0v) is 13.7. The number of urea groups is 1. The van der Waals surface area contributed by atoms with Gasteiger partial charge in [-0.3, -0.25) is 0 Å². The number of nitrogens with zero attached hydrogens (tertiary/aromatic N) is 1. The van der Waals surface area contributed by atoms with Crippen LogP contribution in [-0.4, -0.2) is 35.1 Å². The van der Waals surface area contributed by atoms with E-state index < -0.39 is 5.97 Å². The Morgan fingerprint density at radius 3 is 2.38 bits per heavy atom. The summed E-state index contributed by atoms with van der Waals surface area (Å²) in [6, 6.07) is 3.86. The second-order valence-electron chi connectivity index (χ2n) is 6.08. The third-order valence-corrected chi connectivity index (χ3v) is 3.94. The molecular weight excluding hydrogens is 292 g/mol. The number of aromatic carboxylic acids is 1. The van der Waals surface area contributed by atoms with Gasteiger partial charge < -0.3 is 15.3 Å². The highest BCUT2D eigenvalue weighted by molar-refractivity contribution is 6.33. The van der Waals surface area contributed by atoms with Crippen LogP contribution in [0.25, 0.3) is 0 Å². The number of hydrogen-bond acceptors (Lipinski definition) is 2. The normalized spacial score (nSPS) is 12.7. The SMILES string of the molecule is CC(N(C)C(=O)Nc1cc(C(=O)O)ccc1Cl)C(C)(C)C. The van der Waals surface area contributed by atoms with E-state index in [-0.39, 0.29) is 28.7 Å². The summed E-state index contributed by atoms with van der Waals surface area (Å²) in [7, 11) is 1.69. The molecule has 116 valence electrons. The zero-order valence-electron chi connectivity index (χ0n) is 12.9. The monoisotopic (exact) mass is 312 g/mol. The quantitative estimate of drug-likeness (QED) is 0.888. The lowest BCUT2D eigenvalue weighted by Crippen LogP contribution is -2.44. The van der Waals surface area contributed by atoms with Crippen molar-refractivity contribution in [3.63, 3.8) is 0 Å². The van der Waals surface area contributed by atoms with Gasteiger partial charge in [0.05, 0.1) is 16.3 Å². The average molecular weight is 313 g/mol. The number of halogens is 1. The summed E-state index contributed by atoms with van der Waals surface area (Å²) >= 11 is 5.99. The minimum atomic E-state index is -1.07. The molecule has 1 rings (SSSR count). The summed E-state index contributed by atoms with van der Waals surface area (Å²) in [4.78, 5) is 24.8. The largest absolute Gasteiger partial charge is 0.478 e. The Morgan fingerprint density at radius 1 is 1.33 bits per heavy atom. The van der Waals surface area contributed by atoms with Crippen LogP contribution in [-0.2, 0) is 0 Å². The third kappa shape index (κ3) is 4.36. The number of anilines is 1. The van der Waals surface area contributed by atoms with E-state index in [1.54, 1.807) is 11.9 Å². The first-order valence-electron chi connectivity index (χ1n) is 6.60. The molecule has 0 aromatic heterocycles. The molecule has 0 saturated carbocycles. The van der Waals surface area contributed by atoms with E-state index in [4.69, 9.17) is 16.7 Å². The molecule has 0 aliphatic rings. The van der Waals surface area contributed by atoms with Crippen LogP contribution in [0.1, 0.15) is 38.1 Å². The number of rotatable bonds is 3. The summed E-state index contributed by atoms with van der Waals surface area (Å²) in [5.41, 5.74) is 0.287. The van der Waals surface area contributed by atoms with E-state index in [2.05, 4.69) is 5.32 Å². The summed E-state index contributed by atoms with van der Waals surface area (Å²) in [6.45, 7) is 8.08. The second kappa shape index (κ2) is 6.35. The topological polar surface area (TPSA) is 69.6 Å². The molecule has 0 radical (unpaired) electrons. The highest BCUT2D eigenvalue weighted by Gasteiger charge is 2.27. The van der Waals surface area contributed by atoms with Crippen molar-refractivity contribution in [1.82, 2.24) is 4.90 Å². The molecule has 1 aromatic carbocycles. The number of benzene rings is 1. The Hall–Kier alpha value is -1.75. The van der Waals surface area contributed by atoms with Crippen molar-refractivity contribution >= 4 is 29.3 Å². The van der Waals surface area contributed by atoms with Crippen molar-refractivity contribution in [2.45, 2.75) is 33.7 Å². The number of amides is 2. The van der Waals surface area contributed by atoms with Gasteiger partial charge in [0.2, 0.25) is 0 Å². The Morgan fingerprint density at radius 2 is 1.90 bits per heavy atom. The fraction of sp³-hybridized carbons (Fsp3) is 0.467. The van der Waals surface area contributed by atoms with Crippen LogP contribution in [0.2, 0.25) is 5.02 Å². The minimum Gasteiger partial charge on any atom is -0.478 e. The molecular formula is C15H21ClN2O3. The first kappa shape index (κ1) is 17.3. The molecule has 0 heterocycles. The standard InChI is InChI=1S/C15H21ClN2O3/c1-9(15(2,3)4)18(5)14(21)17-12-8-10(13(19)20)6-7-11(12)16/h6-9H,1-5H3,(H,17,21)(H,19,20). The van der Waals surface area contributed by atoms with Gasteiger partial charge >= 0.3 is 12.0 Å². The Labute approximate surface area is 129 Å². The van der Waals surface area contributed by atoms with Crippen molar-refractivity contribution in [3.8, 4) is 0 Å². The maximum atomic E-state index is 12.2. The molecule has 5 nitrogen and oxygen atoms in total. The lowest BCUT2D eigenvalue weighted by Gasteiger charge is -2.35. The minimum absolute atomic E-state index is 0.000989. The number of carbonyl (C=O) groups excluding carboxylic acids is 1. The summed E-state index contributed by atoms with van der Waals surface area (Å²) in [6.07, 6.45) is 0. The van der Waals surface area contributed by atoms with Crippen LogP contribution in [0.3, 0.4) is 0 Å². The summed E-state index contributed by atoms with van der Waals surface area (Å²) in [5, 5.41) is 11.9. The van der Waals surface area contributed by atoms with Gasteiger partial charge in [-0.05, 0) is 30.5 Å². The van der Waals surface area contributed by atoms with Crippen LogP contribution in [0, 0.1) is 5.41 Å². The summed E-state index contributed by atoms with van der Waals surface area (Å²) < 4.78 is 0. The molecule has 21 heavy (non-hydrogen) atoms. The van der Waals surface area contributed by atoms with Gasteiger partial charge in [-0.1, -0.05) is 32.4 Å². The van der Waals surface area contributed by atoms with E-state index in [9.17, 15) is 9.59 Å². The molecule has 1 aromatic rings. The van der Waals surface area contributed by atoms with Crippen molar-refractivity contribution in [1.29, 1.82) is 0 Å². The molecule has 1 unspecified atom stereocenters. The fourth-order valence-corrected chi connectivity index (χ4v) is 1.88. The number of carboxylic acid groups (broad SMARTS) is 1. The van der Waals surface area contributed by atoms with E-state index in [0.717, 1.165) is 0 Å². The zero-order chi connectivity index (χ0) is 16.4.